The minimum Gasteiger partial charge on any atom is -0.432 e. The molecule has 0 N–H and O–H groups in total. The lowest BCUT2D eigenvalue weighted by Crippen LogP contribution is -2.26. The van der Waals surface area contributed by atoms with E-state index >= 15 is 0 Å². The standard InChI is InChI=1S/C24H34F4O/c1-2-3-16-4-9-18(10-5-16)19-11-6-17(7-12-19)8-13-20-14-15-21(29-24(27)28)23(26)22(20)25/h14-19,24H,2-13H2,1H3. The van der Waals surface area contributed by atoms with E-state index in [2.05, 4.69) is 11.7 Å². The van der Waals surface area contributed by atoms with Crippen molar-refractivity contribution in [2.75, 3.05) is 0 Å². The van der Waals surface area contributed by atoms with Gasteiger partial charge in [-0.1, -0.05) is 51.5 Å². The Balaban J connectivity index is 1.43. The van der Waals surface area contributed by atoms with Crippen molar-refractivity contribution in [3.05, 3.63) is 29.3 Å². The highest BCUT2D eigenvalue weighted by Crippen LogP contribution is 2.43. The number of rotatable bonds is 8. The first kappa shape index (κ1) is 22.4. The van der Waals surface area contributed by atoms with Crippen molar-refractivity contribution in [1.29, 1.82) is 0 Å². The second-order valence-electron chi connectivity index (χ2n) is 9.12. The molecule has 0 amide bonds. The summed E-state index contributed by atoms with van der Waals surface area (Å²) in [7, 11) is 0. The van der Waals surface area contributed by atoms with E-state index in [1.54, 1.807) is 0 Å². The quantitative estimate of drug-likeness (QED) is 0.393. The summed E-state index contributed by atoms with van der Waals surface area (Å²) in [4.78, 5) is 0. The summed E-state index contributed by atoms with van der Waals surface area (Å²) in [5, 5.41) is 0. The van der Waals surface area contributed by atoms with Crippen LogP contribution in [-0.2, 0) is 6.42 Å². The summed E-state index contributed by atoms with van der Waals surface area (Å²) in [6, 6.07) is 2.47. The molecule has 0 heterocycles. The lowest BCUT2D eigenvalue weighted by molar-refractivity contribution is -0.0525. The molecule has 2 saturated carbocycles. The normalized spacial score (nSPS) is 27.9. The first-order valence-corrected chi connectivity index (χ1v) is 11.4. The number of halogens is 4. The Morgan fingerprint density at radius 3 is 1.90 bits per heavy atom. The zero-order valence-corrected chi connectivity index (χ0v) is 17.4. The zero-order chi connectivity index (χ0) is 20.8. The van der Waals surface area contributed by atoms with Crippen molar-refractivity contribution in [3.63, 3.8) is 0 Å². The molecule has 29 heavy (non-hydrogen) atoms. The lowest BCUT2D eigenvalue weighted by Gasteiger charge is -2.38. The van der Waals surface area contributed by atoms with Crippen LogP contribution in [0.5, 0.6) is 5.75 Å². The Morgan fingerprint density at radius 1 is 0.828 bits per heavy atom. The maximum atomic E-state index is 14.2. The monoisotopic (exact) mass is 414 g/mol. The second-order valence-corrected chi connectivity index (χ2v) is 9.12. The number of benzene rings is 1. The molecule has 1 aromatic rings. The van der Waals surface area contributed by atoms with Gasteiger partial charge in [0.15, 0.2) is 11.6 Å². The molecule has 2 fully saturated rings. The highest BCUT2D eigenvalue weighted by Gasteiger charge is 2.30. The van der Waals surface area contributed by atoms with Crippen molar-refractivity contribution in [3.8, 4) is 5.75 Å². The van der Waals surface area contributed by atoms with Crippen LogP contribution < -0.4 is 4.74 Å². The Bertz CT molecular complexity index is 632. The number of alkyl halides is 2. The van der Waals surface area contributed by atoms with Crippen molar-refractivity contribution in [2.45, 2.75) is 90.6 Å². The Kier molecular flexibility index (Phi) is 8.25. The van der Waals surface area contributed by atoms with Crippen LogP contribution in [0.2, 0.25) is 0 Å². The Labute approximate surface area is 172 Å². The molecule has 0 atom stereocenters. The van der Waals surface area contributed by atoms with Gasteiger partial charge in [0.1, 0.15) is 0 Å². The van der Waals surface area contributed by atoms with E-state index in [4.69, 9.17) is 0 Å². The Morgan fingerprint density at radius 2 is 1.38 bits per heavy atom. The summed E-state index contributed by atoms with van der Waals surface area (Å²) in [5.41, 5.74) is 0.250. The van der Waals surface area contributed by atoms with Crippen molar-refractivity contribution < 1.29 is 22.3 Å². The largest absolute Gasteiger partial charge is 0.432 e. The summed E-state index contributed by atoms with van der Waals surface area (Å²) < 4.78 is 56.5. The van der Waals surface area contributed by atoms with Gasteiger partial charge >= 0.3 is 6.61 Å². The molecule has 164 valence electrons. The molecule has 2 aliphatic carbocycles. The van der Waals surface area contributed by atoms with Gasteiger partial charge in [-0.25, -0.2) is 4.39 Å². The molecule has 0 radical (unpaired) electrons. The summed E-state index contributed by atoms with van der Waals surface area (Å²) in [6.07, 6.45) is 14.3. The highest BCUT2D eigenvalue weighted by atomic mass is 19.3. The molecule has 0 aromatic heterocycles. The van der Waals surface area contributed by atoms with Gasteiger partial charge in [0.2, 0.25) is 5.82 Å². The third-order valence-electron chi connectivity index (χ3n) is 7.31. The van der Waals surface area contributed by atoms with E-state index in [1.807, 2.05) is 0 Å². The fourth-order valence-corrected chi connectivity index (χ4v) is 5.62. The molecule has 0 saturated heterocycles. The summed E-state index contributed by atoms with van der Waals surface area (Å²) in [6.45, 7) is -0.884. The fraction of sp³-hybridized carbons (Fsp3) is 0.750. The van der Waals surface area contributed by atoms with Crippen LogP contribution in [0.3, 0.4) is 0 Å². The van der Waals surface area contributed by atoms with Crippen LogP contribution in [0.25, 0.3) is 0 Å². The topological polar surface area (TPSA) is 9.23 Å². The fourth-order valence-electron chi connectivity index (χ4n) is 5.62. The second kappa shape index (κ2) is 10.7. The maximum absolute atomic E-state index is 14.2. The molecule has 3 rings (SSSR count). The smallest absolute Gasteiger partial charge is 0.387 e. The molecule has 0 unspecified atom stereocenters. The van der Waals surface area contributed by atoms with Gasteiger partial charge in [0, 0.05) is 0 Å². The molecule has 5 heteroatoms. The van der Waals surface area contributed by atoms with Crippen LogP contribution in [0.1, 0.15) is 83.1 Å². The average Bonchev–Trinajstić information content (AvgIpc) is 2.72. The van der Waals surface area contributed by atoms with Crippen molar-refractivity contribution in [1.82, 2.24) is 0 Å². The van der Waals surface area contributed by atoms with Crippen LogP contribution in [0.4, 0.5) is 17.6 Å². The number of hydrogen-bond acceptors (Lipinski definition) is 1. The first-order valence-electron chi connectivity index (χ1n) is 11.4. The summed E-state index contributed by atoms with van der Waals surface area (Å²) in [5.74, 6) is 0.121. The third-order valence-corrected chi connectivity index (χ3v) is 7.31. The Hall–Kier alpha value is -1.26. The SMILES string of the molecule is CCCC1CCC(C2CCC(CCc3ccc(OC(F)F)c(F)c3F)CC2)CC1. The van der Waals surface area contributed by atoms with E-state index in [-0.39, 0.29) is 5.56 Å². The lowest BCUT2D eigenvalue weighted by atomic mass is 9.68. The molecule has 0 spiro atoms. The molecular formula is C24H34F4O. The molecule has 1 aromatic carbocycles. The minimum absolute atomic E-state index is 0.250. The van der Waals surface area contributed by atoms with Gasteiger partial charge in [-0.2, -0.15) is 13.2 Å². The number of hydrogen-bond donors (Lipinski definition) is 0. The number of ether oxygens (including phenoxy) is 1. The van der Waals surface area contributed by atoms with Crippen LogP contribution in [0, 0.1) is 35.3 Å². The minimum atomic E-state index is -3.16. The molecular weight excluding hydrogens is 380 g/mol. The van der Waals surface area contributed by atoms with Crippen molar-refractivity contribution in [2.24, 2.45) is 23.7 Å². The molecule has 2 aliphatic rings. The molecule has 0 aliphatic heterocycles. The highest BCUT2D eigenvalue weighted by molar-refractivity contribution is 5.31. The third kappa shape index (κ3) is 6.11. The van der Waals surface area contributed by atoms with Gasteiger partial charge in [-0.15, -0.1) is 0 Å². The van der Waals surface area contributed by atoms with Crippen LogP contribution in [-0.4, -0.2) is 6.61 Å². The predicted molar refractivity (Wildman–Crippen MR) is 107 cm³/mol. The van der Waals surface area contributed by atoms with Gasteiger partial charge in [-0.05, 0) is 73.8 Å². The number of aryl methyl sites for hydroxylation is 1. The zero-order valence-electron chi connectivity index (χ0n) is 17.4. The van der Waals surface area contributed by atoms with Crippen molar-refractivity contribution >= 4 is 0 Å². The maximum Gasteiger partial charge on any atom is 0.387 e. The van der Waals surface area contributed by atoms with E-state index in [0.29, 0.717) is 12.3 Å². The van der Waals surface area contributed by atoms with Gasteiger partial charge in [0.05, 0.1) is 0 Å². The van der Waals surface area contributed by atoms with Gasteiger partial charge in [-0.3, -0.25) is 0 Å². The predicted octanol–water partition coefficient (Wildman–Crippen LogP) is 7.91. The van der Waals surface area contributed by atoms with Gasteiger partial charge < -0.3 is 4.74 Å². The van der Waals surface area contributed by atoms with E-state index < -0.39 is 24.0 Å². The van der Waals surface area contributed by atoms with E-state index in [0.717, 1.165) is 43.1 Å². The van der Waals surface area contributed by atoms with E-state index in [9.17, 15) is 17.6 Å². The first-order chi connectivity index (χ1) is 14.0. The van der Waals surface area contributed by atoms with Gasteiger partial charge in [0.25, 0.3) is 0 Å². The molecule has 0 bridgehead atoms. The van der Waals surface area contributed by atoms with E-state index in [1.165, 1.54) is 57.4 Å². The average molecular weight is 415 g/mol. The molecule has 1 nitrogen and oxygen atoms in total. The van der Waals surface area contributed by atoms with Crippen LogP contribution >= 0.6 is 0 Å². The van der Waals surface area contributed by atoms with Crippen LogP contribution in [0.15, 0.2) is 12.1 Å². The summed E-state index contributed by atoms with van der Waals surface area (Å²) >= 11 is 0.